The summed E-state index contributed by atoms with van der Waals surface area (Å²) in [7, 11) is -4.64. The Morgan fingerprint density at radius 2 is 1.64 bits per heavy atom. The van der Waals surface area contributed by atoms with Gasteiger partial charge in [-0.2, -0.15) is 0 Å². The van der Waals surface area contributed by atoms with E-state index in [9.17, 15) is 0 Å². The van der Waals surface area contributed by atoms with Crippen LogP contribution in [0.3, 0.4) is 0 Å². The van der Waals surface area contributed by atoms with Crippen molar-refractivity contribution < 1.29 is 19.2 Å². The maximum absolute atomic E-state index is 8.88. The van der Waals surface area contributed by atoms with Gasteiger partial charge in [-0.15, -0.1) is 0 Å². The average molecular weight is 182 g/mol. The Balaban J connectivity index is 0. The van der Waals surface area contributed by atoms with Crippen LogP contribution in [-0.4, -0.2) is 14.7 Å². The summed E-state index contributed by atoms with van der Waals surface area (Å²) in [6, 6.07) is 0. The smallest absolute Gasteiger partial charge is 0.303 e. The van der Waals surface area contributed by atoms with Gasteiger partial charge in [0.25, 0.3) is 0 Å². The summed E-state index contributed by atoms with van der Waals surface area (Å²) in [5, 5.41) is 0. The van der Waals surface area contributed by atoms with Crippen molar-refractivity contribution in [3.8, 4) is 0 Å². The van der Waals surface area contributed by atoms with Crippen LogP contribution < -0.4 is 0 Å². The van der Waals surface area contributed by atoms with Crippen molar-refractivity contribution in [3.05, 3.63) is 11.6 Å². The summed E-state index contributed by atoms with van der Waals surface area (Å²) in [5.74, 6) is 0. The second-order valence-corrected chi connectivity index (χ2v) is 3.23. The number of rotatable bonds is 1. The monoisotopic (exact) mass is 182 g/mol. The normalized spacial score (nSPS) is 9.64. The van der Waals surface area contributed by atoms with Gasteiger partial charge in [-0.05, 0) is 20.3 Å². The lowest BCUT2D eigenvalue weighted by molar-refractivity contribution is 0.275. The molecule has 0 amide bonds. The predicted molar refractivity (Wildman–Crippen MR) is 44.0 cm³/mol. The zero-order chi connectivity index (χ0) is 9.49. The summed E-state index contributed by atoms with van der Waals surface area (Å²) in [4.78, 5) is 21.6. The van der Waals surface area contributed by atoms with Gasteiger partial charge in [-0.3, -0.25) is 0 Å². The Hall–Kier alpha value is -0.150. The van der Waals surface area contributed by atoms with E-state index >= 15 is 0 Å². The van der Waals surface area contributed by atoms with Gasteiger partial charge in [-0.25, -0.2) is 4.57 Å². The van der Waals surface area contributed by atoms with Crippen LogP contribution in [0.1, 0.15) is 27.2 Å². The molecule has 0 heterocycles. The van der Waals surface area contributed by atoms with Crippen molar-refractivity contribution in [1.82, 2.24) is 0 Å². The third-order valence-corrected chi connectivity index (χ3v) is 0.612. The van der Waals surface area contributed by atoms with Crippen molar-refractivity contribution in [2.75, 3.05) is 0 Å². The van der Waals surface area contributed by atoms with Gasteiger partial charge in [0, 0.05) is 0 Å². The molecule has 4 nitrogen and oxygen atoms in total. The molecule has 0 saturated heterocycles. The average Bonchev–Trinajstić information content (AvgIpc) is 1.58. The predicted octanol–water partition coefficient (Wildman–Crippen LogP) is 1.43. The van der Waals surface area contributed by atoms with E-state index in [0.717, 1.165) is 0 Å². The lowest BCUT2D eigenvalue weighted by Gasteiger charge is -1.82. The zero-order valence-corrected chi connectivity index (χ0v) is 7.88. The molecule has 0 atom stereocenters. The molecular weight excluding hydrogens is 167 g/mol. The third-order valence-electron chi connectivity index (χ3n) is 0.612. The van der Waals surface area contributed by atoms with Crippen molar-refractivity contribution in [1.29, 1.82) is 0 Å². The lowest BCUT2D eigenvalue weighted by Crippen LogP contribution is -1.66. The van der Waals surface area contributed by atoms with Gasteiger partial charge < -0.3 is 14.7 Å². The number of phosphoric acid groups is 1. The molecule has 5 heteroatoms. The second kappa shape index (κ2) is 6.55. The minimum Gasteiger partial charge on any atom is -0.303 e. The first-order valence-electron chi connectivity index (χ1n) is 3.19. The Bertz CT molecular complexity index is 146. The first-order valence-corrected chi connectivity index (χ1v) is 4.75. The SMILES string of the molecule is CCC=C(C)C.O=P(O)(O)O. The molecule has 0 aromatic rings. The maximum Gasteiger partial charge on any atom is 0.466 e. The molecule has 0 aliphatic carbocycles. The molecule has 11 heavy (non-hydrogen) atoms. The summed E-state index contributed by atoms with van der Waals surface area (Å²) < 4.78 is 8.88. The fraction of sp³-hybridized carbons (Fsp3) is 0.667. The van der Waals surface area contributed by atoms with Crippen LogP contribution in [0.2, 0.25) is 0 Å². The van der Waals surface area contributed by atoms with Crippen LogP contribution in [-0.2, 0) is 4.57 Å². The first kappa shape index (κ1) is 13.4. The first-order chi connectivity index (χ1) is 4.77. The summed E-state index contributed by atoms with van der Waals surface area (Å²) in [6.07, 6.45) is 3.38. The molecule has 68 valence electrons. The quantitative estimate of drug-likeness (QED) is 0.423. The summed E-state index contributed by atoms with van der Waals surface area (Å²) in [5.41, 5.74) is 1.41. The maximum atomic E-state index is 8.88. The fourth-order valence-corrected chi connectivity index (χ4v) is 0.408. The van der Waals surface area contributed by atoms with Crippen LogP contribution >= 0.6 is 7.82 Å². The highest BCUT2D eigenvalue weighted by atomic mass is 31.2. The van der Waals surface area contributed by atoms with E-state index in [4.69, 9.17) is 19.2 Å². The standard InChI is InChI=1S/C6H12.H3O4P/c1-4-5-6(2)3;1-5(2,3)4/h5H,4H2,1-3H3;(H3,1,2,3,4). The number of hydrogen-bond acceptors (Lipinski definition) is 1. The van der Waals surface area contributed by atoms with Crippen molar-refractivity contribution >= 4 is 7.82 Å². The van der Waals surface area contributed by atoms with Crippen LogP contribution in [0.4, 0.5) is 0 Å². The van der Waals surface area contributed by atoms with Gasteiger partial charge in [0.15, 0.2) is 0 Å². The fourth-order valence-electron chi connectivity index (χ4n) is 0.408. The lowest BCUT2D eigenvalue weighted by atomic mass is 10.3. The van der Waals surface area contributed by atoms with E-state index < -0.39 is 7.82 Å². The summed E-state index contributed by atoms with van der Waals surface area (Å²) in [6.45, 7) is 6.38. The molecule has 3 N–H and O–H groups in total. The minimum atomic E-state index is -4.64. The van der Waals surface area contributed by atoms with Crippen LogP contribution in [0.25, 0.3) is 0 Å². The van der Waals surface area contributed by atoms with E-state index in [0.29, 0.717) is 0 Å². The van der Waals surface area contributed by atoms with Gasteiger partial charge in [0.2, 0.25) is 0 Å². The highest BCUT2D eigenvalue weighted by Gasteiger charge is 2.00. The Morgan fingerprint density at radius 1 is 1.36 bits per heavy atom. The molecule has 0 aliphatic rings. The van der Waals surface area contributed by atoms with Crippen LogP contribution in [0.15, 0.2) is 11.6 Å². The van der Waals surface area contributed by atoms with Gasteiger partial charge in [0.05, 0.1) is 0 Å². The molecule has 0 aromatic heterocycles. The molecule has 0 aromatic carbocycles. The van der Waals surface area contributed by atoms with Gasteiger partial charge >= 0.3 is 7.82 Å². The molecule has 0 rings (SSSR count). The van der Waals surface area contributed by atoms with Crippen molar-refractivity contribution in [3.63, 3.8) is 0 Å². The topological polar surface area (TPSA) is 77.8 Å². The molecule has 0 fully saturated rings. The van der Waals surface area contributed by atoms with Gasteiger partial charge in [-0.1, -0.05) is 18.6 Å². The second-order valence-electron chi connectivity index (χ2n) is 2.20. The van der Waals surface area contributed by atoms with Crippen LogP contribution in [0, 0.1) is 0 Å². The van der Waals surface area contributed by atoms with E-state index in [-0.39, 0.29) is 0 Å². The third kappa shape index (κ3) is 74.7. The highest BCUT2D eigenvalue weighted by molar-refractivity contribution is 7.45. The Labute approximate surface area is 66.8 Å². The molecule has 0 unspecified atom stereocenters. The zero-order valence-electron chi connectivity index (χ0n) is 6.98. The van der Waals surface area contributed by atoms with E-state index in [1.54, 1.807) is 0 Å². The molecule has 0 bridgehead atoms. The Morgan fingerprint density at radius 3 is 1.64 bits per heavy atom. The molecule has 0 radical (unpaired) electrons. The number of hydrogen-bond donors (Lipinski definition) is 3. The van der Waals surface area contributed by atoms with Gasteiger partial charge in [0.1, 0.15) is 0 Å². The molecular formula is C6H15O4P. The number of allylic oxidation sites excluding steroid dienone is 2. The molecule has 0 aliphatic heterocycles. The van der Waals surface area contributed by atoms with Crippen LogP contribution in [0.5, 0.6) is 0 Å². The highest BCUT2D eigenvalue weighted by Crippen LogP contribution is 2.25. The molecule has 0 saturated carbocycles. The van der Waals surface area contributed by atoms with Crippen molar-refractivity contribution in [2.45, 2.75) is 27.2 Å². The van der Waals surface area contributed by atoms with Crippen molar-refractivity contribution in [2.24, 2.45) is 0 Å². The van der Waals surface area contributed by atoms with E-state index in [1.807, 2.05) is 0 Å². The molecule has 0 spiro atoms. The largest absolute Gasteiger partial charge is 0.466 e. The minimum absolute atomic E-state index is 1.17. The Kier molecular flexibility index (Phi) is 8.01. The van der Waals surface area contributed by atoms with E-state index in [1.165, 1.54) is 12.0 Å². The van der Waals surface area contributed by atoms with E-state index in [2.05, 4.69) is 26.8 Å². The summed E-state index contributed by atoms with van der Waals surface area (Å²) >= 11 is 0.